The van der Waals surface area contributed by atoms with Crippen LogP contribution in [0.1, 0.15) is 0 Å². The van der Waals surface area contributed by atoms with Gasteiger partial charge in [0.05, 0.1) is 22.4 Å². The molecule has 0 saturated carbocycles. The molecule has 0 unspecified atom stereocenters. The first-order valence-corrected chi connectivity index (χ1v) is 13.7. The molecule has 0 amide bonds. The predicted octanol–water partition coefficient (Wildman–Crippen LogP) is 9.32. The summed E-state index contributed by atoms with van der Waals surface area (Å²) in [6.45, 7) is 0. The highest BCUT2D eigenvalue weighted by Gasteiger charge is 2.15. The van der Waals surface area contributed by atoms with Gasteiger partial charge in [-0.25, -0.2) is 14.4 Å². The number of fused-ring (bicyclic) bond motifs is 3. The molecule has 0 saturated heterocycles. The summed E-state index contributed by atoms with van der Waals surface area (Å²) >= 11 is 2.30. The molecule has 7 aromatic rings. The van der Waals surface area contributed by atoms with Gasteiger partial charge in [0, 0.05) is 36.7 Å². The molecule has 0 aliphatic rings. The summed E-state index contributed by atoms with van der Waals surface area (Å²) < 4.78 is 17.6. The SMILES string of the molecule is Fc1ccc2c(c1)c1cc(I)ccc1n2-c1cccc(-c2cc(-c3ccccc3)nc(-c3ccccc3)n2)c1. The van der Waals surface area contributed by atoms with E-state index in [0.29, 0.717) is 5.82 Å². The molecule has 2 heterocycles. The van der Waals surface area contributed by atoms with Gasteiger partial charge in [-0.15, -0.1) is 0 Å². The highest BCUT2D eigenvalue weighted by atomic mass is 127. The normalized spacial score (nSPS) is 11.3. The molecule has 0 N–H and O–H groups in total. The number of hydrogen-bond donors (Lipinski definition) is 0. The van der Waals surface area contributed by atoms with Crippen molar-refractivity contribution in [3.05, 3.63) is 137 Å². The molecule has 5 heteroatoms. The van der Waals surface area contributed by atoms with Crippen LogP contribution in [0.4, 0.5) is 4.39 Å². The zero-order valence-electron chi connectivity index (χ0n) is 20.7. The van der Waals surface area contributed by atoms with Crippen LogP contribution < -0.4 is 0 Å². The van der Waals surface area contributed by atoms with Gasteiger partial charge >= 0.3 is 0 Å². The van der Waals surface area contributed by atoms with Crippen molar-refractivity contribution in [1.82, 2.24) is 14.5 Å². The Kier molecular flexibility index (Phi) is 5.93. The van der Waals surface area contributed by atoms with Crippen LogP contribution in [0.3, 0.4) is 0 Å². The van der Waals surface area contributed by atoms with E-state index in [1.54, 1.807) is 6.07 Å². The molecule has 7 rings (SSSR count). The van der Waals surface area contributed by atoms with E-state index in [4.69, 9.17) is 9.97 Å². The van der Waals surface area contributed by atoms with Gasteiger partial charge in [-0.2, -0.15) is 0 Å². The fourth-order valence-electron chi connectivity index (χ4n) is 5.12. The first-order chi connectivity index (χ1) is 19.1. The van der Waals surface area contributed by atoms with Crippen molar-refractivity contribution >= 4 is 44.4 Å². The summed E-state index contributed by atoms with van der Waals surface area (Å²) in [5.41, 5.74) is 7.67. The van der Waals surface area contributed by atoms with Gasteiger partial charge in [-0.3, -0.25) is 0 Å². The Balaban J connectivity index is 1.44. The molecular weight excluding hydrogens is 596 g/mol. The zero-order valence-corrected chi connectivity index (χ0v) is 22.9. The van der Waals surface area contributed by atoms with Crippen LogP contribution >= 0.6 is 22.6 Å². The number of rotatable bonds is 4. The summed E-state index contributed by atoms with van der Waals surface area (Å²) in [6, 6.07) is 41.9. The molecule has 2 aromatic heterocycles. The van der Waals surface area contributed by atoms with Crippen LogP contribution in [-0.4, -0.2) is 14.5 Å². The maximum atomic E-state index is 14.3. The Labute approximate surface area is 238 Å². The Morgan fingerprint density at radius 2 is 1.15 bits per heavy atom. The third-order valence-corrected chi connectivity index (χ3v) is 7.59. The van der Waals surface area contributed by atoms with E-state index in [9.17, 15) is 4.39 Å². The molecular formula is C34H21FIN3. The molecule has 39 heavy (non-hydrogen) atoms. The van der Waals surface area contributed by atoms with E-state index in [-0.39, 0.29) is 5.82 Å². The second-order valence-corrected chi connectivity index (χ2v) is 10.6. The zero-order chi connectivity index (χ0) is 26.3. The average molecular weight is 617 g/mol. The summed E-state index contributed by atoms with van der Waals surface area (Å²) in [6.07, 6.45) is 0. The molecule has 0 aliphatic heterocycles. The monoisotopic (exact) mass is 617 g/mol. The van der Waals surface area contributed by atoms with Gasteiger partial charge in [0.15, 0.2) is 5.82 Å². The quantitative estimate of drug-likeness (QED) is 0.184. The summed E-state index contributed by atoms with van der Waals surface area (Å²) in [7, 11) is 0. The fourth-order valence-corrected chi connectivity index (χ4v) is 5.61. The van der Waals surface area contributed by atoms with Gasteiger partial charge in [-0.1, -0.05) is 72.8 Å². The van der Waals surface area contributed by atoms with Crippen molar-refractivity contribution in [2.45, 2.75) is 0 Å². The first kappa shape index (κ1) is 23.7. The van der Waals surface area contributed by atoms with E-state index in [0.717, 1.165) is 59.1 Å². The second kappa shape index (κ2) is 9.75. The fraction of sp³-hybridized carbons (Fsp3) is 0. The van der Waals surface area contributed by atoms with Gasteiger partial charge < -0.3 is 4.57 Å². The van der Waals surface area contributed by atoms with Crippen LogP contribution in [0, 0.1) is 9.39 Å². The largest absolute Gasteiger partial charge is 0.309 e. The van der Waals surface area contributed by atoms with Crippen LogP contribution in [0.5, 0.6) is 0 Å². The smallest absolute Gasteiger partial charge is 0.160 e. The Morgan fingerprint density at radius 1 is 0.538 bits per heavy atom. The summed E-state index contributed by atoms with van der Waals surface area (Å²) in [5.74, 6) is 0.441. The molecule has 0 bridgehead atoms. The number of nitrogens with zero attached hydrogens (tertiary/aromatic N) is 3. The van der Waals surface area contributed by atoms with Crippen molar-refractivity contribution in [3.8, 4) is 39.6 Å². The predicted molar refractivity (Wildman–Crippen MR) is 165 cm³/mol. The Hall–Kier alpha value is -4.36. The van der Waals surface area contributed by atoms with E-state index in [1.165, 1.54) is 6.07 Å². The van der Waals surface area contributed by atoms with E-state index in [1.807, 2.05) is 66.7 Å². The second-order valence-electron chi connectivity index (χ2n) is 9.40. The van der Waals surface area contributed by atoms with E-state index in [2.05, 4.69) is 75.7 Å². The minimum Gasteiger partial charge on any atom is -0.309 e. The van der Waals surface area contributed by atoms with Crippen LogP contribution in [-0.2, 0) is 0 Å². The highest BCUT2D eigenvalue weighted by molar-refractivity contribution is 14.1. The minimum absolute atomic E-state index is 0.239. The van der Waals surface area contributed by atoms with Crippen molar-refractivity contribution in [3.63, 3.8) is 0 Å². The molecule has 0 radical (unpaired) electrons. The van der Waals surface area contributed by atoms with Gasteiger partial charge in [0.25, 0.3) is 0 Å². The molecule has 0 aliphatic carbocycles. The van der Waals surface area contributed by atoms with Crippen molar-refractivity contribution in [2.75, 3.05) is 0 Å². The lowest BCUT2D eigenvalue weighted by Gasteiger charge is -2.12. The maximum Gasteiger partial charge on any atom is 0.160 e. The lowest BCUT2D eigenvalue weighted by Crippen LogP contribution is -1.97. The summed E-state index contributed by atoms with van der Waals surface area (Å²) in [4.78, 5) is 9.92. The molecule has 3 nitrogen and oxygen atoms in total. The average Bonchev–Trinajstić information content (AvgIpc) is 3.30. The van der Waals surface area contributed by atoms with Crippen molar-refractivity contribution in [2.24, 2.45) is 0 Å². The van der Waals surface area contributed by atoms with E-state index < -0.39 is 0 Å². The van der Waals surface area contributed by atoms with Crippen molar-refractivity contribution in [1.29, 1.82) is 0 Å². The molecule has 0 spiro atoms. The molecule has 0 fully saturated rings. The number of benzene rings is 5. The standard InChI is InChI=1S/C34H21FIN3/c35-25-14-16-32-28(19-25)29-20-26(36)15-17-33(29)39(32)27-13-7-12-24(18-27)31-21-30(22-8-3-1-4-9-22)37-34(38-31)23-10-5-2-6-11-23/h1-21H. The van der Waals surface area contributed by atoms with E-state index >= 15 is 0 Å². The van der Waals surface area contributed by atoms with Crippen LogP contribution in [0.2, 0.25) is 0 Å². The third-order valence-electron chi connectivity index (χ3n) is 6.92. The molecule has 5 aromatic carbocycles. The maximum absolute atomic E-state index is 14.3. The highest BCUT2D eigenvalue weighted by Crippen LogP contribution is 2.35. The van der Waals surface area contributed by atoms with Crippen molar-refractivity contribution < 1.29 is 4.39 Å². The Bertz CT molecular complexity index is 1860. The minimum atomic E-state index is -0.239. The molecule has 186 valence electrons. The number of aromatic nitrogens is 3. The van der Waals surface area contributed by atoms with Gasteiger partial charge in [0.1, 0.15) is 5.82 Å². The van der Waals surface area contributed by atoms with Gasteiger partial charge in [-0.05, 0) is 77.2 Å². The number of halogens is 2. The van der Waals surface area contributed by atoms with Gasteiger partial charge in [0.2, 0.25) is 0 Å². The topological polar surface area (TPSA) is 30.7 Å². The lowest BCUT2D eigenvalue weighted by atomic mass is 10.1. The summed E-state index contributed by atoms with van der Waals surface area (Å²) in [5, 5.41) is 1.93. The Morgan fingerprint density at radius 3 is 1.90 bits per heavy atom. The van der Waals surface area contributed by atoms with Crippen LogP contribution in [0.15, 0.2) is 127 Å². The number of hydrogen-bond acceptors (Lipinski definition) is 2. The first-order valence-electron chi connectivity index (χ1n) is 12.6. The lowest BCUT2D eigenvalue weighted by molar-refractivity contribution is 0.629. The third kappa shape index (κ3) is 4.38. The van der Waals surface area contributed by atoms with Crippen LogP contribution in [0.25, 0.3) is 61.4 Å². The molecule has 0 atom stereocenters.